The third kappa shape index (κ3) is 11.7. The van der Waals surface area contributed by atoms with Crippen molar-refractivity contribution in [2.75, 3.05) is 0 Å². The standard InChI is InChI=1S/C9H12.C8H8.C5H10.C2H6/c1-2-6-9-7-4-3-5-8-9;1-2-8-6-4-3-5-7-8;1-5-3-2-4-5;1-2/h3-5,7-8H,2,6H2,1H3;2-7H,1H2;5H,2-4H2,1H3;1-2H3. The SMILES string of the molecule is C=Cc1ccccc1.CC.CC1CCC1.CCCc1ccccc1. The third-order valence-corrected chi connectivity index (χ3v) is 3.81. The van der Waals surface area contributed by atoms with Crippen LogP contribution in [0.4, 0.5) is 0 Å². The summed E-state index contributed by atoms with van der Waals surface area (Å²) in [6.45, 7) is 12.1. The van der Waals surface area contributed by atoms with E-state index in [4.69, 9.17) is 0 Å². The average molecular weight is 325 g/mol. The molecule has 0 amide bonds. The fourth-order valence-corrected chi connectivity index (χ4v) is 2.13. The van der Waals surface area contributed by atoms with E-state index in [1.165, 1.54) is 43.2 Å². The van der Waals surface area contributed by atoms with Gasteiger partial charge in [0, 0.05) is 0 Å². The van der Waals surface area contributed by atoms with E-state index in [2.05, 4.69) is 50.8 Å². The summed E-state index contributed by atoms with van der Waals surface area (Å²) in [5, 5.41) is 0. The first-order chi connectivity index (χ1) is 11.8. The number of hydrogen-bond acceptors (Lipinski definition) is 0. The van der Waals surface area contributed by atoms with Crippen molar-refractivity contribution in [2.24, 2.45) is 5.92 Å². The number of aryl methyl sites for hydroxylation is 1. The Kier molecular flexibility index (Phi) is 14.8. The first-order valence-electron chi connectivity index (χ1n) is 9.47. The predicted molar refractivity (Wildman–Crippen MR) is 111 cm³/mol. The summed E-state index contributed by atoms with van der Waals surface area (Å²) in [6.07, 6.45) is 8.74. The van der Waals surface area contributed by atoms with E-state index in [0.717, 1.165) is 5.92 Å². The van der Waals surface area contributed by atoms with Gasteiger partial charge in [-0.1, -0.05) is 127 Å². The van der Waals surface area contributed by atoms with Gasteiger partial charge in [-0.3, -0.25) is 0 Å². The Hall–Kier alpha value is -1.82. The molecular formula is C24H36. The van der Waals surface area contributed by atoms with Crippen molar-refractivity contribution in [3.8, 4) is 0 Å². The molecule has 1 saturated carbocycles. The minimum absolute atomic E-state index is 1.06. The molecule has 1 aliphatic carbocycles. The predicted octanol–water partition coefficient (Wildman–Crippen LogP) is 7.80. The van der Waals surface area contributed by atoms with Crippen molar-refractivity contribution < 1.29 is 0 Å². The molecule has 1 aliphatic rings. The first kappa shape index (κ1) is 22.2. The maximum atomic E-state index is 3.63. The molecule has 2 aromatic rings. The summed E-state index contributed by atoms with van der Waals surface area (Å²) < 4.78 is 0. The lowest BCUT2D eigenvalue weighted by Crippen LogP contribution is -2.04. The van der Waals surface area contributed by atoms with Gasteiger partial charge < -0.3 is 0 Å². The zero-order valence-electron chi connectivity index (χ0n) is 16.2. The maximum absolute atomic E-state index is 3.63. The molecule has 0 aliphatic heterocycles. The summed E-state index contributed by atoms with van der Waals surface area (Å²) in [6, 6.07) is 20.6. The molecular weight excluding hydrogens is 288 g/mol. The van der Waals surface area contributed by atoms with E-state index in [9.17, 15) is 0 Å². The molecule has 1 fully saturated rings. The monoisotopic (exact) mass is 324 g/mol. The molecule has 0 aromatic heterocycles. The summed E-state index contributed by atoms with van der Waals surface area (Å²) in [5.74, 6) is 1.06. The third-order valence-electron chi connectivity index (χ3n) is 3.81. The summed E-state index contributed by atoms with van der Waals surface area (Å²) in [4.78, 5) is 0. The molecule has 24 heavy (non-hydrogen) atoms. The Labute approximate surface area is 150 Å². The van der Waals surface area contributed by atoms with Crippen molar-refractivity contribution in [2.45, 2.75) is 59.8 Å². The van der Waals surface area contributed by atoms with Crippen LogP contribution in [0.2, 0.25) is 0 Å². The Bertz CT molecular complexity index is 480. The molecule has 0 bridgehead atoms. The van der Waals surface area contributed by atoms with E-state index >= 15 is 0 Å². The van der Waals surface area contributed by atoms with Crippen LogP contribution in [0.5, 0.6) is 0 Å². The normalized spacial score (nSPS) is 12.0. The zero-order valence-corrected chi connectivity index (χ0v) is 16.2. The second-order valence-electron chi connectivity index (χ2n) is 5.89. The highest BCUT2D eigenvalue weighted by atomic mass is 14.1. The lowest BCUT2D eigenvalue weighted by atomic mass is 9.88. The van der Waals surface area contributed by atoms with Gasteiger partial charge in [-0.2, -0.15) is 0 Å². The highest BCUT2D eigenvalue weighted by molar-refractivity contribution is 5.45. The topological polar surface area (TPSA) is 0 Å². The number of hydrogen-bond donors (Lipinski definition) is 0. The van der Waals surface area contributed by atoms with Crippen LogP contribution in [-0.2, 0) is 6.42 Å². The summed E-state index contributed by atoms with van der Waals surface area (Å²) in [7, 11) is 0. The van der Waals surface area contributed by atoms with Gasteiger partial charge in [0.2, 0.25) is 0 Å². The van der Waals surface area contributed by atoms with Gasteiger partial charge in [0.1, 0.15) is 0 Å². The molecule has 0 heterocycles. The first-order valence-corrected chi connectivity index (χ1v) is 9.47. The van der Waals surface area contributed by atoms with E-state index < -0.39 is 0 Å². The molecule has 0 atom stereocenters. The molecule has 0 spiro atoms. The largest absolute Gasteiger partial charge is 0.0985 e. The lowest BCUT2D eigenvalue weighted by molar-refractivity contribution is 0.346. The van der Waals surface area contributed by atoms with E-state index in [0.29, 0.717) is 0 Å². The van der Waals surface area contributed by atoms with Crippen LogP contribution in [-0.4, -0.2) is 0 Å². The van der Waals surface area contributed by atoms with Crippen LogP contribution in [0, 0.1) is 5.92 Å². The van der Waals surface area contributed by atoms with Crippen molar-refractivity contribution in [3.05, 3.63) is 78.4 Å². The van der Waals surface area contributed by atoms with Gasteiger partial charge in [-0.15, -0.1) is 0 Å². The molecule has 0 heteroatoms. The van der Waals surface area contributed by atoms with Gasteiger partial charge in [0.15, 0.2) is 0 Å². The van der Waals surface area contributed by atoms with Crippen LogP contribution in [0.1, 0.15) is 64.5 Å². The van der Waals surface area contributed by atoms with Crippen LogP contribution in [0.25, 0.3) is 6.08 Å². The maximum Gasteiger partial charge on any atom is -0.0263 e. The molecule has 0 N–H and O–H groups in total. The van der Waals surface area contributed by atoms with E-state index in [1.807, 2.05) is 50.3 Å². The lowest BCUT2D eigenvalue weighted by Gasteiger charge is -2.18. The molecule has 2 aromatic carbocycles. The Morgan fingerprint density at radius 3 is 1.67 bits per heavy atom. The average Bonchev–Trinajstić information content (AvgIpc) is 2.64. The highest BCUT2D eigenvalue weighted by Crippen LogP contribution is 2.24. The minimum Gasteiger partial charge on any atom is -0.0985 e. The fraction of sp³-hybridized carbons (Fsp3) is 0.417. The van der Waals surface area contributed by atoms with Gasteiger partial charge in [-0.25, -0.2) is 0 Å². The molecule has 0 unspecified atom stereocenters. The Balaban J connectivity index is 0.000000324. The van der Waals surface area contributed by atoms with Crippen LogP contribution < -0.4 is 0 Å². The van der Waals surface area contributed by atoms with Gasteiger partial charge >= 0.3 is 0 Å². The van der Waals surface area contributed by atoms with Crippen molar-refractivity contribution in [1.82, 2.24) is 0 Å². The van der Waals surface area contributed by atoms with E-state index in [-0.39, 0.29) is 0 Å². The van der Waals surface area contributed by atoms with Gasteiger partial charge in [-0.05, 0) is 23.5 Å². The molecule has 3 rings (SSSR count). The van der Waals surface area contributed by atoms with Crippen LogP contribution >= 0.6 is 0 Å². The minimum atomic E-state index is 1.06. The summed E-state index contributed by atoms with van der Waals surface area (Å²) >= 11 is 0. The fourth-order valence-electron chi connectivity index (χ4n) is 2.13. The molecule has 132 valence electrons. The summed E-state index contributed by atoms with van der Waals surface area (Å²) in [5.41, 5.74) is 2.62. The van der Waals surface area contributed by atoms with Crippen LogP contribution in [0.15, 0.2) is 67.2 Å². The second kappa shape index (κ2) is 16.1. The Morgan fingerprint density at radius 2 is 1.38 bits per heavy atom. The second-order valence-corrected chi connectivity index (χ2v) is 5.89. The highest BCUT2D eigenvalue weighted by Gasteiger charge is 2.09. The van der Waals surface area contributed by atoms with Gasteiger partial charge in [0.05, 0.1) is 0 Å². The zero-order chi connectivity index (χ0) is 18.0. The Morgan fingerprint density at radius 1 is 0.917 bits per heavy atom. The smallest absolute Gasteiger partial charge is 0.0263 e. The molecule has 0 nitrogen and oxygen atoms in total. The van der Waals surface area contributed by atoms with Crippen LogP contribution in [0.3, 0.4) is 0 Å². The van der Waals surface area contributed by atoms with E-state index in [1.54, 1.807) is 0 Å². The number of benzene rings is 2. The number of rotatable bonds is 3. The van der Waals surface area contributed by atoms with Crippen molar-refractivity contribution in [3.63, 3.8) is 0 Å². The van der Waals surface area contributed by atoms with Gasteiger partial charge in [0.25, 0.3) is 0 Å². The quantitative estimate of drug-likeness (QED) is 0.540. The van der Waals surface area contributed by atoms with Crippen molar-refractivity contribution >= 4 is 6.08 Å². The molecule has 0 radical (unpaired) electrons. The van der Waals surface area contributed by atoms with Crippen molar-refractivity contribution in [1.29, 1.82) is 0 Å². The molecule has 0 saturated heterocycles.